The van der Waals surface area contributed by atoms with E-state index in [1.54, 1.807) is 0 Å². The van der Waals surface area contributed by atoms with Crippen molar-refractivity contribution in [3.8, 4) is 0 Å². The average molecular weight is 337 g/mol. The van der Waals surface area contributed by atoms with Crippen molar-refractivity contribution in [1.82, 2.24) is 0 Å². The number of nitrogens with two attached hydrogens (primary N) is 1. The van der Waals surface area contributed by atoms with Crippen molar-refractivity contribution < 1.29 is 0 Å². The molecule has 0 bridgehead atoms. The van der Waals surface area contributed by atoms with Crippen molar-refractivity contribution in [1.29, 1.82) is 0 Å². The standard InChI is InChI=1S/C11H14ClIN2/c12-10-5-7(13)1-4-11(10)15-9-3-2-8(14)6-9/h1,4-5,8-9,15H,2-3,6,14H2. The van der Waals surface area contributed by atoms with Gasteiger partial charge in [-0.25, -0.2) is 0 Å². The largest absolute Gasteiger partial charge is 0.381 e. The fourth-order valence-corrected chi connectivity index (χ4v) is 2.88. The lowest BCUT2D eigenvalue weighted by Gasteiger charge is -2.15. The van der Waals surface area contributed by atoms with Gasteiger partial charge in [-0.3, -0.25) is 0 Å². The van der Waals surface area contributed by atoms with Crippen molar-refractivity contribution >= 4 is 39.9 Å². The Hall–Kier alpha value is -0.0000000000000000555. The number of hydrogen-bond acceptors (Lipinski definition) is 2. The maximum atomic E-state index is 6.15. The van der Waals surface area contributed by atoms with Crippen LogP contribution in [0.3, 0.4) is 0 Å². The van der Waals surface area contributed by atoms with Crippen molar-refractivity contribution in [3.63, 3.8) is 0 Å². The molecule has 2 nitrogen and oxygen atoms in total. The van der Waals surface area contributed by atoms with Gasteiger partial charge in [-0.1, -0.05) is 11.6 Å². The van der Waals surface area contributed by atoms with E-state index in [1.165, 1.54) is 0 Å². The van der Waals surface area contributed by atoms with Crippen LogP contribution < -0.4 is 11.1 Å². The number of anilines is 1. The summed E-state index contributed by atoms with van der Waals surface area (Å²) in [6.07, 6.45) is 3.30. The smallest absolute Gasteiger partial charge is 0.0648 e. The predicted octanol–water partition coefficient (Wildman–Crippen LogP) is 3.24. The summed E-state index contributed by atoms with van der Waals surface area (Å²) in [4.78, 5) is 0. The van der Waals surface area contributed by atoms with Crippen LogP contribution in [0.5, 0.6) is 0 Å². The van der Waals surface area contributed by atoms with Gasteiger partial charge in [0.15, 0.2) is 0 Å². The van der Waals surface area contributed by atoms with Crippen LogP contribution in [0.15, 0.2) is 18.2 Å². The second-order valence-corrected chi connectivity index (χ2v) is 5.69. The molecular weight excluding hydrogens is 322 g/mol. The molecule has 0 spiro atoms. The molecule has 82 valence electrons. The summed E-state index contributed by atoms with van der Waals surface area (Å²) in [5, 5.41) is 4.25. The van der Waals surface area contributed by atoms with E-state index in [9.17, 15) is 0 Å². The Kier molecular flexibility index (Phi) is 3.74. The summed E-state index contributed by atoms with van der Waals surface area (Å²) in [5.74, 6) is 0. The molecule has 2 atom stereocenters. The summed E-state index contributed by atoms with van der Waals surface area (Å²) in [5.41, 5.74) is 6.89. The molecule has 1 fully saturated rings. The minimum Gasteiger partial charge on any atom is -0.381 e. The molecule has 0 amide bonds. The van der Waals surface area contributed by atoms with E-state index in [-0.39, 0.29) is 0 Å². The summed E-state index contributed by atoms with van der Waals surface area (Å²) < 4.78 is 1.16. The summed E-state index contributed by atoms with van der Waals surface area (Å²) >= 11 is 8.40. The highest BCUT2D eigenvalue weighted by Gasteiger charge is 2.21. The van der Waals surface area contributed by atoms with E-state index in [1.807, 2.05) is 12.1 Å². The van der Waals surface area contributed by atoms with Crippen LogP contribution in [-0.2, 0) is 0 Å². The van der Waals surface area contributed by atoms with Gasteiger partial charge in [0.05, 0.1) is 10.7 Å². The first-order chi connectivity index (χ1) is 7.15. The third-order valence-corrected chi connectivity index (χ3v) is 3.75. The monoisotopic (exact) mass is 336 g/mol. The number of nitrogens with one attached hydrogen (secondary N) is 1. The molecule has 0 saturated heterocycles. The van der Waals surface area contributed by atoms with E-state index in [0.717, 1.165) is 33.5 Å². The van der Waals surface area contributed by atoms with Gasteiger partial charge in [0.25, 0.3) is 0 Å². The Morgan fingerprint density at radius 1 is 1.40 bits per heavy atom. The molecule has 1 aliphatic carbocycles. The molecule has 2 rings (SSSR count). The number of hydrogen-bond donors (Lipinski definition) is 2. The van der Waals surface area contributed by atoms with Crippen LogP contribution >= 0.6 is 34.2 Å². The highest BCUT2D eigenvalue weighted by Crippen LogP contribution is 2.28. The summed E-state index contributed by atoms with van der Waals surface area (Å²) in [6, 6.07) is 6.90. The molecule has 0 radical (unpaired) electrons. The van der Waals surface area contributed by atoms with Gasteiger partial charge in [0, 0.05) is 15.7 Å². The predicted molar refractivity (Wildman–Crippen MR) is 73.4 cm³/mol. The van der Waals surface area contributed by atoms with Gasteiger partial charge < -0.3 is 11.1 Å². The molecule has 0 heterocycles. The zero-order valence-corrected chi connectivity index (χ0v) is 11.3. The SMILES string of the molecule is NC1CCC(Nc2ccc(I)cc2Cl)C1. The maximum Gasteiger partial charge on any atom is 0.0648 e. The van der Waals surface area contributed by atoms with E-state index in [2.05, 4.69) is 34.0 Å². The molecule has 15 heavy (non-hydrogen) atoms. The molecule has 1 saturated carbocycles. The Morgan fingerprint density at radius 3 is 2.80 bits per heavy atom. The van der Waals surface area contributed by atoms with Gasteiger partial charge in [-0.15, -0.1) is 0 Å². The second-order valence-electron chi connectivity index (χ2n) is 4.04. The fourth-order valence-electron chi connectivity index (χ4n) is 1.97. The van der Waals surface area contributed by atoms with Gasteiger partial charge >= 0.3 is 0 Å². The Balaban J connectivity index is 2.04. The zero-order valence-electron chi connectivity index (χ0n) is 8.34. The average Bonchev–Trinajstić information content (AvgIpc) is 2.56. The minimum absolute atomic E-state index is 0.352. The van der Waals surface area contributed by atoms with Crippen LogP contribution in [-0.4, -0.2) is 12.1 Å². The molecule has 0 aromatic heterocycles. The lowest BCUT2D eigenvalue weighted by Crippen LogP contribution is -2.20. The molecule has 1 aromatic rings. The molecular formula is C11H14ClIN2. The molecule has 3 N–H and O–H groups in total. The quantitative estimate of drug-likeness (QED) is 0.814. The van der Waals surface area contributed by atoms with Gasteiger partial charge in [0.1, 0.15) is 0 Å². The van der Waals surface area contributed by atoms with Crippen molar-refractivity contribution in [2.24, 2.45) is 5.73 Å². The molecule has 2 unspecified atom stereocenters. The van der Waals surface area contributed by atoms with E-state index >= 15 is 0 Å². The molecule has 1 aliphatic rings. The lowest BCUT2D eigenvalue weighted by atomic mass is 10.2. The summed E-state index contributed by atoms with van der Waals surface area (Å²) in [6.45, 7) is 0. The first-order valence-electron chi connectivity index (χ1n) is 5.12. The van der Waals surface area contributed by atoms with Crippen LogP contribution in [0.25, 0.3) is 0 Å². The van der Waals surface area contributed by atoms with Crippen molar-refractivity contribution in [2.45, 2.75) is 31.3 Å². The summed E-state index contributed by atoms with van der Waals surface area (Å²) in [7, 11) is 0. The topological polar surface area (TPSA) is 38.0 Å². The number of rotatable bonds is 2. The highest BCUT2D eigenvalue weighted by molar-refractivity contribution is 14.1. The van der Waals surface area contributed by atoms with Gasteiger partial charge in [0.2, 0.25) is 0 Å². The van der Waals surface area contributed by atoms with Crippen molar-refractivity contribution in [3.05, 3.63) is 26.8 Å². The highest BCUT2D eigenvalue weighted by atomic mass is 127. The third kappa shape index (κ3) is 2.98. The first kappa shape index (κ1) is 11.5. The minimum atomic E-state index is 0.352. The van der Waals surface area contributed by atoms with Crippen LogP contribution in [0, 0.1) is 3.57 Å². The molecule has 0 aliphatic heterocycles. The molecule has 1 aromatic carbocycles. The van der Waals surface area contributed by atoms with E-state index < -0.39 is 0 Å². The molecule has 4 heteroatoms. The fraction of sp³-hybridized carbons (Fsp3) is 0.455. The van der Waals surface area contributed by atoms with E-state index in [0.29, 0.717) is 12.1 Å². The lowest BCUT2D eigenvalue weighted by molar-refractivity contribution is 0.688. The van der Waals surface area contributed by atoms with Gasteiger partial charge in [-0.2, -0.15) is 0 Å². The number of halogens is 2. The second kappa shape index (κ2) is 4.89. The normalized spacial score (nSPS) is 25.5. The Labute approximate surface area is 109 Å². The van der Waals surface area contributed by atoms with E-state index in [4.69, 9.17) is 17.3 Å². The zero-order chi connectivity index (χ0) is 10.8. The maximum absolute atomic E-state index is 6.15. The van der Waals surface area contributed by atoms with Crippen LogP contribution in [0.1, 0.15) is 19.3 Å². The Bertz CT molecular complexity index is 356. The van der Waals surface area contributed by atoms with Crippen LogP contribution in [0.4, 0.5) is 5.69 Å². The number of benzene rings is 1. The third-order valence-electron chi connectivity index (χ3n) is 2.76. The van der Waals surface area contributed by atoms with Crippen molar-refractivity contribution in [2.75, 3.05) is 5.32 Å². The Morgan fingerprint density at radius 2 is 2.20 bits per heavy atom. The first-order valence-corrected chi connectivity index (χ1v) is 6.58. The van der Waals surface area contributed by atoms with Gasteiger partial charge in [-0.05, 0) is 60.1 Å². The van der Waals surface area contributed by atoms with Crippen LogP contribution in [0.2, 0.25) is 5.02 Å².